The molecule has 0 aromatic carbocycles. The fraction of sp³-hybridized carbons (Fsp3) is 0.867. The van der Waals surface area contributed by atoms with Crippen LogP contribution in [0, 0.1) is 29.1 Å². The van der Waals surface area contributed by atoms with Crippen LogP contribution < -0.4 is 5.32 Å². The molecule has 0 heterocycles. The van der Waals surface area contributed by atoms with E-state index in [9.17, 15) is 14.7 Å². The van der Waals surface area contributed by atoms with Gasteiger partial charge in [0, 0.05) is 6.54 Å². The summed E-state index contributed by atoms with van der Waals surface area (Å²) in [6, 6.07) is 0. The van der Waals surface area contributed by atoms with Crippen LogP contribution in [0.3, 0.4) is 0 Å². The molecule has 2 N–H and O–H groups in total. The van der Waals surface area contributed by atoms with E-state index in [1.165, 1.54) is 25.7 Å². The van der Waals surface area contributed by atoms with Gasteiger partial charge in [-0.25, -0.2) is 0 Å². The van der Waals surface area contributed by atoms with Gasteiger partial charge in [0.15, 0.2) is 0 Å². The summed E-state index contributed by atoms with van der Waals surface area (Å²) in [6.45, 7) is 6.05. The van der Waals surface area contributed by atoms with Gasteiger partial charge in [0.05, 0.1) is 0 Å². The van der Waals surface area contributed by atoms with Crippen molar-refractivity contribution in [2.75, 3.05) is 6.54 Å². The van der Waals surface area contributed by atoms with Crippen molar-refractivity contribution in [2.24, 2.45) is 29.1 Å². The van der Waals surface area contributed by atoms with Crippen LogP contribution in [0.15, 0.2) is 0 Å². The molecular formula is C15H25NO3. The molecule has 0 spiro atoms. The zero-order valence-corrected chi connectivity index (χ0v) is 12.1. The van der Waals surface area contributed by atoms with Gasteiger partial charge in [-0.15, -0.1) is 0 Å². The fourth-order valence-corrected chi connectivity index (χ4v) is 2.96. The lowest BCUT2D eigenvalue weighted by Gasteiger charge is -2.27. The van der Waals surface area contributed by atoms with Gasteiger partial charge in [-0.1, -0.05) is 20.8 Å². The van der Waals surface area contributed by atoms with Crippen molar-refractivity contribution in [3.8, 4) is 0 Å². The number of amides is 1. The maximum atomic E-state index is 12.1. The van der Waals surface area contributed by atoms with E-state index in [0.29, 0.717) is 12.5 Å². The van der Waals surface area contributed by atoms with Gasteiger partial charge in [0.25, 0.3) is 0 Å². The minimum Gasteiger partial charge on any atom is -0.481 e. The SMILES string of the molecule is CC(C)(C)C(C(=O)O)C(=O)NCC(C1CC1)C1CC1. The Bertz CT molecular complexity index is 352. The van der Waals surface area contributed by atoms with Crippen LogP contribution >= 0.6 is 0 Å². The Labute approximate surface area is 115 Å². The molecule has 19 heavy (non-hydrogen) atoms. The highest BCUT2D eigenvalue weighted by Gasteiger charge is 2.43. The molecule has 0 aromatic rings. The predicted octanol–water partition coefficient (Wildman–Crippen LogP) is 2.29. The third-order valence-electron chi connectivity index (χ3n) is 4.34. The number of carboxylic acid groups (broad SMARTS) is 1. The minimum atomic E-state index is -1.03. The quantitative estimate of drug-likeness (QED) is 0.726. The first kappa shape index (κ1) is 14.4. The van der Waals surface area contributed by atoms with Crippen molar-refractivity contribution in [1.82, 2.24) is 5.32 Å². The van der Waals surface area contributed by atoms with Gasteiger partial charge in [-0.3, -0.25) is 9.59 Å². The number of hydrogen-bond donors (Lipinski definition) is 2. The highest BCUT2D eigenvalue weighted by Crippen LogP contribution is 2.48. The van der Waals surface area contributed by atoms with Crippen molar-refractivity contribution in [2.45, 2.75) is 46.5 Å². The molecular weight excluding hydrogens is 242 g/mol. The number of carbonyl (C=O) groups excluding carboxylic acids is 1. The molecule has 108 valence electrons. The number of nitrogens with one attached hydrogen (secondary N) is 1. The van der Waals surface area contributed by atoms with Crippen LogP contribution in [0.2, 0.25) is 0 Å². The molecule has 4 nitrogen and oxygen atoms in total. The van der Waals surface area contributed by atoms with E-state index in [0.717, 1.165) is 11.8 Å². The Hall–Kier alpha value is -1.06. The third-order valence-corrected chi connectivity index (χ3v) is 4.34. The van der Waals surface area contributed by atoms with Crippen LogP contribution in [0.4, 0.5) is 0 Å². The first-order chi connectivity index (χ1) is 8.80. The van der Waals surface area contributed by atoms with Gasteiger partial charge >= 0.3 is 5.97 Å². The molecule has 1 atom stereocenters. The average Bonchev–Trinajstić information content (AvgIpc) is 3.10. The second-order valence-electron chi connectivity index (χ2n) is 7.22. The van der Waals surface area contributed by atoms with E-state index in [1.807, 2.05) is 0 Å². The topological polar surface area (TPSA) is 66.4 Å². The predicted molar refractivity (Wildman–Crippen MR) is 72.5 cm³/mol. The molecule has 0 aliphatic heterocycles. The van der Waals surface area contributed by atoms with Gasteiger partial charge in [-0.2, -0.15) is 0 Å². The van der Waals surface area contributed by atoms with Crippen LogP contribution in [0.1, 0.15) is 46.5 Å². The lowest BCUT2D eigenvalue weighted by Crippen LogP contribution is -2.44. The molecule has 0 saturated heterocycles. The molecule has 0 radical (unpaired) electrons. The Morgan fingerprint density at radius 3 is 1.95 bits per heavy atom. The molecule has 1 unspecified atom stereocenters. The molecule has 2 aliphatic rings. The summed E-state index contributed by atoms with van der Waals surface area (Å²) in [7, 11) is 0. The number of carbonyl (C=O) groups is 2. The Balaban J connectivity index is 1.89. The van der Waals surface area contributed by atoms with Gasteiger partial charge in [0.1, 0.15) is 5.92 Å². The average molecular weight is 267 g/mol. The van der Waals surface area contributed by atoms with Crippen molar-refractivity contribution in [3.05, 3.63) is 0 Å². The molecule has 2 rings (SSSR count). The second kappa shape index (κ2) is 5.14. The zero-order chi connectivity index (χ0) is 14.2. The van der Waals surface area contributed by atoms with Crippen molar-refractivity contribution in [3.63, 3.8) is 0 Å². The molecule has 4 heteroatoms. The highest BCUT2D eigenvalue weighted by atomic mass is 16.4. The Kier molecular flexibility index (Phi) is 3.88. The highest BCUT2D eigenvalue weighted by molar-refractivity contribution is 5.97. The summed E-state index contributed by atoms with van der Waals surface area (Å²) >= 11 is 0. The van der Waals surface area contributed by atoms with Gasteiger partial charge in [-0.05, 0) is 48.9 Å². The minimum absolute atomic E-state index is 0.327. The van der Waals surface area contributed by atoms with E-state index >= 15 is 0 Å². The summed E-state index contributed by atoms with van der Waals surface area (Å²) in [5.74, 6) is -0.202. The molecule has 1 amide bonds. The number of carboxylic acids is 1. The maximum Gasteiger partial charge on any atom is 0.316 e. The molecule has 2 saturated carbocycles. The summed E-state index contributed by atoms with van der Waals surface area (Å²) in [6.07, 6.45) is 5.11. The molecule has 0 bridgehead atoms. The fourth-order valence-electron chi connectivity index (χ4n) is 2.96. The summed E-state index contributed by atoms with van der Waals surface area (Å²) in [5, 5.41) is 12.1. The van der Waals surface area contributed by atoms with E-state index in [1.54, 1.807) is 20.8 Å². The van der Waals surface area contributed by atoms with Crippen LogP contribution in [0.5, 0.6) is 0 Å². The Morgan fingerprint density at radius 1 is 1.16 bits per heavy atom. The Morgan fingerprint density at radius 2 is 1.63 bits per heavy atom. The maximum absolute atomic E-state index is 12.1. The summed E-state index contributed by atoms with van der Waals surface area (Å²) in [4.78, 5) is 23.4. The van der Waals surface area contributed by atoms with Gasteiger partial charge < -0.3 is 10.4 Å². The number of aliphatic carboxylic acids is 1. The summed E-state index contributed by atoms with van der Waals surface area (Å²) < 4.78 is 0. The monoisotopic (exact) mass is 267 g/mol. The first-order valence-corrected chi connectivity index (χ1v) is 7.31. The number of rotatable bonds is 6. The molecule has 2 aliphatic carbocycles. The smallest absolute Gasteiger partial charge is 0.316 e. The summed E-state index contributed by atoms with van der Waals surface area (Å²) in [5.41, 5.74) is -0.551. The second-order valence-corrected chi connectivity index (χ2v) is 7.22. The van der Waals surface area contributed by atoms with Crippen LogP contribution in [-0.2, 0) is 9.59 Å². The van der Waals surface area contributed by atoms with E-state index in [2.05, 4.69) is 5.32 Å². The normalized spacial score (nSPS) is 21.3. The largest absolute Gasteiger partial charge is 0.481 e. The lowest BCUT2D eigenvalue weighted by atomic mass is 9.80. The standard InChI is InChI=1S/C15H25NO3/c1-15(2,3)12(14(18)19)13(17)16-8-11(9-4-5-9)10-6-7-10/h9-12H,4-8H2,1-3H3,(H,16,17)(H,18,19). The van der Waals surface area contributed by atoms with Crippen molar-refractivity contribution >= 4 is 11.9 Å². The lowest BCUT2D eigenvalue weighted by molar-refractivity contribution is -0.151. The first-order valence-electron chi connectivity index (χ1n) is 7.31. The van der Waals surface area contributed by atoms with Crippen LogP contribution in [-0.4, -0.2) is 23.5 Å². The number of hydrogen-bond acceptors (Lipinski definition) is 2. The van der Waals surface area contributed by atoms with Crippen molar-refractivity contribution in [1.29, 1.82) is 0 Å². The van der Waals surface area contributed by atoms with E-state index in [-0.39, 0.29) is 5.91 Å². The van der Waals surface area contributed by atoms with E-state index in [4.69, 9.17) is 0 Å². The third kappa shape index (κ3) is 3.71. The zero-order valence-electron chi connectivity index (χ0n) is 12.1. The molecule has 0 aromatic heterocycles. The van der Waals surface area contributed by atoms with Crippen LogP contribution in [0.25, 0.3) is 0 Å². The molecule has 2 fully saturated rings. The van der Waals surface area contributed by atoms with E-state index < -0.39 is 17.3 Å². The van der Waals surface area contributed by atoms with Gasteiger partial charge in [0.2, 0.25) is 5.91 Å². The van der Waals surface area contributed by atoms with Crippen molar-refractivity contribution < 1.29 is 14.7 Å².